The van der Waals surface area contributed by atoms with Crippen molar-refractivity contribution < 1.29 is 0 Å². The van der Waals surface area contributed by atoms with Crippen molar-refractivity contribution in [2.75, 3.05) is 0 Å². The van der Waals surface area contributed by atoms with Gasteiger partial charge in [-0.05, 0) is 0 Å². The first-order valence-electron chi connectivity index (χ1n) is 0. The van der Waals surface area contributed by atoms with Gasteiger partial charge in [0.15, 0.2) is 0 Å². The van der Waals surface area contributed by atoms with Crippen molar-refractivity contribution >= 4 is 77.1 Å². The SMILES string of the molecule is [Al+3].[Al+3].[As-3].[SbH6-3]. The zero-order valence-electron chi connectivity index (χ0n) is 1.60. The third-order valence-electron chi connectivity index (χ3n) is 0. The van der Waals surface area contributed by atoms with E-state index in [0.717, 1.165) is 0 Å². The number of rotatable bonds is 0. The molecule has 0 fully saturated rings. The van der Waals surface area contributed by atoms with Gasteiger partial charge in [-0.25, -0.2) is 0 Å². The van der Waals surface area contributed by atoms with E-state index in [1.165, 1.54) is 0 Å². The fourth-order valence-corrected chi connectivity index (χ4v) is 0. The Hall–Kier alpha value is 2.44. The second kappa shape index (κ2) is 18.0. The molecule has 0 saturated heterocycles. The molecule has 0 aliphatic carbocycles. The first-order chi connectivity index (χ1) is 0. The van der Waals surface area contributed by atoms with Crippen LogP contribution in [0.3, 0.4) is 0 Å². The van der Waals surface area contributed by atoms with Crippen molar-refractivity contribution in [3.63, 3.8) is 0 Å². The molecule has 0 N–H and O–H groups in total. The molecule has 0 nitrogen and oxygen atoms in total. The van der Waals surface area contributed by atoms with Gasteiger partial charge in [0, 0.05) is 0 Å². The standard InChI is InChI=1S/2Al.As.Sb.6H/q2*+3;2*-3;;;;;;. The second-order valence-electron chi connectivity index (χ2n) is 0. The van der Waals surface area contributed by atoms with Gasteiger partial charge in [-0.15, -0.1) is 0 Å². The van der Waals surface area contributed by atoms with Gasteiger partial charge in [0.25, 0.3) is 0 Å². The van der Waals surface area contributed by atoms with Crippen molar-refractivity contribution in [2.24, 2.45) is 0 Å². The molecule has 22 valence electrons. The van der Waals surface area contributed by atoms with Gasteiger partial charge in [-0.1, -0.05) is 0 Å². The van der Waals surface area contributed by atoms with Crippen molar-refractivity contribution in [3.8, 4) is 0 Å². The molecule has 0 aromatic heterocycles. The molecule has 0 spiro atoms. The summed E-state index contributed by atoms with van der Waals surface area (Å²) in [6.07, 6.45) is 0. The topological polar surface area (TPSA) is 0 Å². The van der Waals surface area contributed by atoms with Crippen molar-refractivity contribution in [2.45, 2.75) is 0 Å². The Morgan fingerprint density at radius 1 is 0.750 bits per heavy atom. The van der Waals surface area contributed by atoms with Gasteiger partial charge in [-0.2, -0.15) is 0 Å². The van der Waals surface area contributed by atoms with Crippen LogP contribution in [0.5, 0.6) is 0 Å². The monoisotopic (exact) mass is 256 g/mol. The van der Waals surface area contributed by atoms with Gasteiger partial charge < -0.3 is 18.0 Å². The summed E-state index contributed by atoms with van der Waals surface area (Å²) in [5.41, 5.74) is 0. The summed E-state index contributed by atoms with van der Waals surface area (Å²) in [5.74, 6) is 0. The summed E-state index contributed by atoms with van der Waals surface area (Å²) in [6.45, 7) is 0. The normalized spacial score (nSPS) is 0. The Labute approximate surface area is 76.1 Å². The zero-order chi connectivity index (χ0) is 0. The van der Waals surface area contributed by atoms with Crippen molar-refractivity contribution in [3.05, 3.63) is 0 Å². The predicted octanol–water partition coefficient (Wildman–Crippen LogP) is -3.13. The van der Waals surface area contributed by atoms with E-state index >= 15 is 0 Å². The van der Waals surface area contributed by atoms with Crippen LogP contribution < -0.4 is 0 Å². The fraction of sp³-hybridized carbons (Fsp3) is 0. The third-order valence-corrected chi connectivity index (χ3v) is 0. The van der Waals surface area contributed by atoms with Crippen LogP contribution in [0.15, 0.2) is 0 Å². The predicted molar refractivity (Wildman–Crippen MR) is 31.4 cm³/mol. The molecule has 4 heteroatoms. The molecule has 0 aliphatic heterocycles. The van der Waals surface area contributed by atoms with Gasteiger partial charge in [-0.3, -0.25) is 0 Å². The molecule has 0 bridgehead atoms. The molecule has 0 saturated carbocycles. The third kappa shape index (κ3) is 8.82. The molecule has 0 aromatic carbocycles. The van der Waals surface area contributed by atoms with Crippen LogP contribution in [0.4, 0.5) is 0 Å². The quantitative estimate of drug-likeness (QED) is 0.402. The summed E-state index contributed by atoms with van der Waals surface area (Å²) in [4.78, 5) is 0. The van der Waals surface area contributed by atoms with E-state index in [2.05, 4.69) is 0 Å². The first-order valence-corrected chi connectivity index (χ1v) is 0. The molecular formula is H6Al2AsSb. The minimum atomic E-state index is 0. The van der Waals surface area contributed by atoms with E-state index in [1.807, 2.05) is 0 Å². The molecule has 0 amide bonds. The fourth-order valence-electron chi connectivity index (χ4n) is 0. The Morgan fingerprint density at radius 3 is 0.750 bits per heavy atom. The second-order valence-corrected chi connectivity index (χ2v) is 0. The van der Waals surface area contributed by atoms with E-state index in [0.29, 0.717) is 0 Å². The Bertz CT molecular complexity index is 6.00. The van der Waals surface area contributed by atoms with E-state index in [9.17, 15) is 0 Å². The molecule has 0 heterocycles. The molecule has 4 heavy (non-hydrogen) atoms. The maximum atomic E-state index is 0. The molecule has 0 aromatic rings. The minimum absolute atomic E-state index is 0. The van der Waals surface area contributed by atoms with Gasteiger partial charge in [0.1, 0.15) is 0 Å². The molecule has 0 unspecified atom stereocenters. The Morgan fingerprint density at radius 2 is 0.750 bits per heavy atom. The average Bonchev–Trinajstić information content (AvgIpc) is 0. The van der Waals surface area contributed by atoms with Crippen LogP contribution in [0.25, 0.3) is 0 Å². The average molecular weight is 257 g/mol. The van der Waals surface area contributed by atoms with Gasteiger partial charge >= 0.3 is 59.2 Å². The molecule has 0 radical (unpaired) electrons. The summed E-state index contributed by atoms with van der Waals surface area (Å²) in [5, 5.41) is 0. The maximum absolute atomic E-state index is 0. The summed E-state index contributed by atoms with van der Waals surface area (Å²) in [6, 6.07) is 0. The summed E-state index contributed by atoms with van der Waals surface area (Å²) < 4.78 is 0. The van der Waals surface area contributed by atoms with Crippen LogP contribution in [0.1, 0.15) is 0 Å². The first kappa shape index (κ1) is 32.0. The van der Waals surface area contributed by atoms with Crippen LogP contribution in [-0.4, -0.2) is 77.1 Å². The number of hydrogen-bond donors (Lipinski definition) is 0. The van der Waals surface area contributed by atoms with Crippen LogP contribution >= 0.6 is 0 Å². The van der Waals surface area contributed by atoms with E-state index in [4.69, 9.17) is 0 Å². The van der Waals surface area contributed by atoms with Crippen molar-refractivity contribution in [1.29, 1.82) is 0 Å². The Kier molecular flexibility index (Phi) is 144. The summed E-state index contributed by atoms with van der Waals surface area (Å²) >= 11 is 0. The molecule has 0 rings (SSSR count). The van der Waals surface area contributed by atoms with E-state index in [1.54, 1.807) is 0 Å². The van der Waals surface area contributed by atoms with Crippen LogP contribution in [-0.2, 0) is 0 Å². The van der Waals surface area contributed by atoms with Gasteiger partial charge in [0.05, 0.1) is 0 Å². The van der Waals surface area contributed by atoms with E-state index < -0.39 is 0 Å². The molecule has 0 aliphatic rings. The van der Waals surface area contributed by atoms with Crippen LogP contribution in [0, 0.1) is 0 Å². The van der Waals surface area contributed by atoms with Gasteiger partial charge in [0.2, 0.25) is 0 Å². The number of hydrogen-bond acceptors (Lipinski definition) is 0. The van der Waals surface area contributed by atoms with Crippen molar-refractivity contribution in [1.82, 2.24) is 0 Å². The molecule has 0 atom stereocenters. The Balaban J connectivity index is 0. The van der Waals surface area contributed by atoms with E-state index in [-0.39, 0.29) is 77.1 Å². The summed E-state index contributed by atoms with van der Waals surface area (Å²) in [7, 11) is 0. The molecular weight excluding hydrogens is 251 g/mol. The van der Waals surface area contributed by atoms with Crippen LogP contribution in [0.2, 0.25) is 0 Å². The zero-order valence-corrected chi connectivity index (χ0v) is 5.79.